The van der Waals surface area contributed by atoms with Crippen molar-refractivity contribution in [1.82, 2.24) is 0 Å². The minimum Gasteiger partial charge on any atom is -0.311 e. The lowest BCUT2D eigenvalue weighted by molar-refractivity contribution is 0.589. The van der Waals surface area contributed by atoms with E-state index in [4.69, 9.17) is 34.8 Å². The zero-order chi connectivity index (χ0) is 93.7. The van der Waals surface area contributed by atoms with Crippen LogP contribution in [-0.4, -0.2) is 6.71 Å². The first-order chi connectivity index (χ1) is 59.5. The van der Waals surface area contributed by atoms with Gasteiger partial charge in [-0.3, -0.25) is 0 Å². The van der Waals surface area contributed by atoms with Gasteiger partial charge >= 0.3 is 0 Å². The van der Waals surface area contributed by atoms with Crippen molar-refractivity contribution in [2.45, 2.75) is 268 Å². The number of hydrogen-bond acceptors (Lipinski definition) is 4. The topological polar surface area (TPSA) is 13.0 Å². The second kappa shape index (κ2) is 37.4. The molecule has 0 N–H and O–H groups in total. The molecule has 0 aliphatic carbocycles. The first kappa shape index (κ1) is 97.5. The van der Waals surface area contributed by atoms with Gasteiger partial charge in [0.1, 0.15) is 0 Å². The average Bonchev–Trinajstić information content (AvgIpc) is 0.694. The normalized spacial score (nSPS) is 13.1. The summed E-state index contributed by atoms with van der Waals surface area (Å²) in [5, 5.41) is 1.83. The number of rotatable bonds is 10. The minimum atomic E-state index is 0.0274. The minimum absolute atomic E-state index is 0.0274. The van der Waals surface area contributed by atoms with Crippen LogP contribution >= 0.6 is 50.7 Å². The molecule has 0 unspecified atom stereocenters. The summed E-state index contributed by atoms with van der Waals surface area (Å²) < 4.78 is 0.830. The van der Waals surface area contributed by atoms with Crippen LogP contribution in [0.15, 0.2) is 290 Å². The van der Waals surface area contributed by atoms with Gasteiger partial charge in [0.25, 0.3) is 6.71 Å². The molecule has 666 valence electrons. The molecule has 2 heterocycles. The van der Waals surface area contributed by atoms with E-state index >= 15 is 0 Å². The molecule has 0 spiro atoms. The molecule has 9 heteroatoms. The molecule has 0 amide bonds. The summed E-state index contributed by atoms with van der Waals surface area (Å²) in [7, 11) is 0. The smallest absolute Gasteiger partial charge is 0.252 e. The predicted molar refractivity (Wildman–Crippen MR) is 568 cm³/mol. The molecular formula is C119H139BBrCl3N4. The maximum absolute atomic E-state index is 7.63. The Morgan fingerprint density at radius 1 is 0.250 bits per heavy atom. The number of halogens is 4. The Labute approximate surface area is 795 Å². The van der Waals surface area contributed by atoms with Crippen molar-refractivity contribution in [2.75, 3.05) is 19.6 Å². The van der Waals surface area contributed by atoms with Gasteiger partial charge in [0.15, 0.2) is 0 Å². The Morgan fingerprint density at radius 2 is 0.484 bits per heavy atom. The van der Waals surface area contributed by atoms with Crippen LogP contribution in [-0.2, 0) is 60.6 Å². The third-order valence-electron chi connectivity index (χ3n) is 25.1. The fourth-order valence-electron chi connectivity index (χ4n) is 16.8. The SMILES string of the molecule is CC(C)(C)c1ccc(Cc2ccc(C(C)(C)C)cc2)cc1.CC(C)(C)c1ccc(N(c2ccc(C(C)(C)C)cc2)c2cccc(N(c3ccc(C(C)(C)C)cc3)c3ccc(C(C)(C)C)cc3)c2Cl)cc1.CC(C)(C)c1ccc(N2c3ccc(C(C)(C)C)cc3B3c4cc(C(C)(C)C)ccc4N(c4ccc(C(C)(C)C)cc4)c4cccc2c43)cc1.Clc1cccc(Br)c1Cl. The largest absolute Gasteiger partial charge is 0.311 e. The summed E-state index contributed by atoms with van der Waals surface area (Å²) in [6.07, 6.45) is 1.01. The summed E-state index contributed by atoms with van der Waals surface area (Å²) in [6, 6.07) is 105. The summed E-state index contributed by atoms with van der Waals surface area (Å²) in [5.41, 5.74) is 34.7. The molecule has 0 aromatic heterocycles. The van der Waals surface area contributed by atoms with E-state index in [1.807, 2.05) is 12.1 Å². The van der Waals surface area contributed by atoms with Crippen LogP contribution in [0.3, 0.4) is 0 Å². The van der Waals surface area contributed by atoms with Crippen molar-refractivity contribution in [2.24, 2.45) is 0 Å². The Kier molecular flexibility index (Phi) is 28.5. The van der Waals surface area contributed by atoms with E-state index in [9.17, 15) is 0 Å². The fraction of sp³-hybridized carbons (Fsp3) is 0.345. The number of hydrogen-bond donors (Lipinski definition) is 0. The summed E-state index contributed by atoms with van der Waals surface area (Å²) >= 11 is 22.2. The average molecular weight is 1820 g/mol. The maximum atomic E-state index is 7.63. The van der Waals surface area contributed by atoms with E-state index in [0.29, 0.717) is 15.1 Å². The molecule has 0 radical (unpaired) electrons. The van der Waals surface area contributed by atoms with Crippen molar-refractivity contribution < 1.29 is 0 Å². The second-order valence-corrected chi connectivity index (χ2v) is 47.5. The summed E-state index contributed by atoms with van der Waals surface area (Å²) in [4.78, 5) is 9.61. The van der Waals surface area contributed by atoms with Gasteiger partial charge < -0.3 is 19.6 Å². The highest BCUT2D eigenvalue weighted by Gasteiger charge is 2.45. The fourth-order valence-corrected chi connectivity index (χ4v) is 17.8. The first-order valence-electron chi connectivity index (χ1n) is 45.8. The summed E-state index contributed by atoms with van der Waals surface area (Å²) in [5.74, 6) is 0. The van der Waals surface area contributed by atoms with Crippen molar-refractivity contribution >= 4 is 142 Å². The Bertz CT molecular complexity index is 5530. The zero-order valence-electron chi connectivity index (χ0n) is 82.2. The molecule has 2 aliphatic rings. The molecular weight excluding hydrogens is 1680 g/mol. The van der Waals surface area contributed by atoms with Gasteiger partial charge in [-0.2, -0.15) is 0 Å². The third kappa shape index (κ3) is 22.5. The Balaban J connectivity index is 0.000000176. The zero-order valence-corrected chi connectivity index (χ0v) is 86.1. The van der Waals surface area contributed by atoms with Crippen molar-refractivity contribution in [1.29, 1.82) is 0 Å². The number of fused-ring (bicyclic) bond motifs is 4. The molecule has 128 heavy (non-hydrogen) atoms. The molecule has 0 saturated heterocycles. The van der Waals surface area contributed by atoms with E-state index < -0.39 is 0 Å². The third-order valence-corrected chi connectivity index (χ3v) is 27.2. The molecule has 13 aromatic rings. The number of anilines is 12. The molecule has 4 nitrogen and oxygen atoms in total. The van der Waals surface area contributed by atoms with Crippen LogP contribution in [0.5, 0.6) is 0 Å². The second-order valence-electron chi connectivity index (χ2n) is 45.5. The van der Waals surface area contributed by atoms with Crippen LogP contribution in [0.4, 0.5) is 68.2 Å². The van der Waals surface area contributed by atoms with E-state index in [1.165, 1.54) is 117 Å². The molecule has 13 aromatic carbocycles. The number of benzene rings is 13. The van der Waals surface area contributed by atoms with Gasteiger partial charge in [0, 0.05) is 61.3 Å². The van der Waals surface area contributed by atoms with E-state index in [0.717, 1.165) is 45.0 Å². The van der Waals surface area contributed by atoms with Crippen LogP contribution in [0, 0.1) is 0 Å². The van der Waals surface area contributed by atoms with Gasteiger partial charge in [-0.25, -0.2) is 0 Å². The van der Waals surface area contributed by atoms with Gasteiger partial charge in [-0.1, -0.05) is 406 Å². The van der Waals surface area contributed by atoms with Crippen molar-refractivity contribution in [3.63, 3.8) is 0 Å². The van der Waals surface area contributed by atoms with Crippen molar-refractivity contribution in [3.8, 4) is 0 Å². The first-order valence-corrected chi connectivity index (χ1v) is 47.7. The Morgan fingerprint density at radius 3 is 0.734 bits per heavy atom. The monoisotopic (exact) mass is 1820 g/mol. The maximum Gasteiger partial charge on any atom is 0.252 e. The standard InChI is InChI=1S/C46H53BN2.C46H55ClN2.C21H28.C6H3BrCl2/c1-43(2,3)30-16-22-34(23-17-30)48-38-26-20-32(45(7,8)9)28-36(38)47-37-29-33(46(10,11)12)21-27-39(37)49(41-15-13-14-40(48)42(41)47)35-24-18-31(19-25-35)44(4,5)6;1-43(2,3)32-16-24-36(25-17-32)48(37-26-18-33(19-27-37)44(4,5)6)40-14-13-15-41(42(40)47)49(38-28-20-34(21-29-38)45(7,8)9)39-30-22-35(23-31-39)46(10,11)12;1-20(2,3)18-11-7-16(8-12-18)15-17-9-13-19(14-10-17)21(4,5)6;7-4-2-1-3-5(8)6(4)9/h13-29H,1-12H3;13-31H,1-12H3;7-14H,15H2,1-6H3;1-3H. The van der Waals surface area contributed by atoms with Gasteiger partial charge in [-0.15, -0.1) is 0 Å². The molecule has 0 atom stereocenters. The molecule has 0 bridgehead atoms. The lowest BCUT2D eigenvalue weighted by Gasteiger charge is -2.45. The quantitative estimate of drug-likeness (QED) is 0.0999. The highest BCUT2D eigenvalue weighted by Crippen LogP contribution is 2.50. The van der Waals surface area contributed by atoms with Crippen LogP contribution in [0.1, 0.15) is 274 Å². The Hall–Kier alpha value is -9.53. The van der Waals surface area contributed by atoms with Gasteiger partial charge in [-0.05, 0) is 281 Å². The van der Waals surface area contributed by atoms with Gasteiger partial charge in [0.05, 0.1) is 26.4 Å². The molecule has 0 saturated carbocycles. The van der Waals surface area contributed by atoms with Crippen molar-refractivity contribution in [3.05, 3.63) is 371 Å². The van der Waals surface area contributed by atoms with Crippen LogP contribution in [0.2, 0.25) is 15.1 Å². The summed E-state index contributed by atoms with van der Waals surface area (Å²) in [6.45, 7) is 68.4. The van der Waals surface area contributed by atoms with Crippen LogP contribution in [0.25, 0.3) is 0 Å². The number of nitrogens with zero attached hydrogens (tertiary/aromatic N) is 4. The predicted octanol–water partition coefficient (Wildman–Crippen LogP) is 35.1. The van der Waals surface area contributed by atoms with E-state index in [-0.39, 0.29) is 60.9 Å². The lowest BCUT2D eigenvalue weighted by atomic mass is 9.33. The van der Waals surface area contributed by atoms with E-state index in [1.54, 1.807) is 6.07 Å². The molecule has 2 aliphatic heterocycles. The molecule has 0 fully saturated rings. The van der Waals surface area contributed by atoms with E-state index in [2.05, 4.69) is 510 Å². The highest BCUT2D eigenvalue weighted by molar-refractivity contribution is 9.10. The highest BCUT2D eigenvalue weighted by atomic mass is 79.9. The van der Waals surface area contributed by atoms with Gasteiger partial charge in [0.2, 0.25) is 0 Å². The lowest BCUT2D eigenvalue weighted by Crippen LogP contribution is -2.61. The van der Waals surface area contributed by atoms with Crippen LogP contribution < -0.4 is 36.0 Å². The molecule has 15 rings (SSSR count).